The molecule has 0 spiro atoms. The van der Waals surface area contributed by atoms with E-state index in [2.05, 4.69) is 0 Å². The molecule has 0 heterocycles. The smallest absolute Gasteiger partial charge is 0.416 e. The third kappa shape index (κ3) is 2.86. The van der Waals surface area contributed by atoms with Crippen molar-refractivity contribution in [3.63, 3.8) is 0 Å². The summed E-state index contributed by atoms with van der Waals surface area (Å²) in [7, 11) is 1.26. The van der Waals surface area contributed by atoms with E-state index in [9.17, 15) is 17.6 Å². The minimum Gasteiger partial charge on any atom is -0.497 e. The molecule has 0 aromatic heterocycles. The summed E-state index contributed by atoms with van der Waals surface area (Å²) < 4.78 is 56.7. The summed E-state index contributed by atoms with van der Waals surface area (Å²) in [4.78, 5) is 0. The lowest BCUT2D eigenvalue weighted by Gasteiger charge is -2.12. The lowest BCUT2D eigenvalue weighted by molar-refractivity contribution is -0.137. The summed E-state index contributed by atoms with van der Waals surface area (Å²) >= 11 is 0. The Hall–Kier alpha value is -2.04. The van der Waals surface area contributed by atoms with Crippen LogP contribution >= 0.6 is 0 Å². The highest BCUT2D eigenvalue weighted by Crippen LogP contribution is 2.36. The third-order valence-corrected chi connectivity index (χ3v) is 2.65. The first-order valence-electron chi connectivity index (χ1n) is 5.43. The molecule has 2 aromatic rings. The summed E-state index contributed by atoms with van der Waals surface area (Å²) in [6.07, 6.45) is -4.51. The monoisotopic (exact) mass is 270 g/mol. The molecule has 0 N–H and O–H groups in total. The Morgan fingerprint density at radius 1 is 1.00 bits per heavy atom. The number of alkyl halides is 3. The number of methoxy groups -OCH3 is 1. The van der Waals surface area contributed by atoms with E-state index in [4.69, 9.17) is 4.74 Å². The van der Waals surface area contributed by atoms with Gasteiger partial charge in [-0.25, -0.2) is 4.39 Å². The number of ether oxygens (including phenoxy) is 1. The van der Waals surface area contributed by atoms with Gasteiger partial charge in [-0.05, 0) is 29.8 Å². The maximum Gasteiger partial charge on any atom is 0.416 e. The molecule has 0 saturated heterocycles. The molecule has 1 nitrogen and oxygen atoms in total. The number of rotatable bonds is 2. The molecule has 0 atom stereocenters. The van der Waals surface area contributed by atoms with Gasteiger partial charge in [0.1, 0.15) is 11.6 Å². The molecular weight excluding hydrogens is 260 g/mol. The van der Waals surface area contributed by atoms with Gasteiger partial charge in [0.25, 0.3) is 0 Å². The van der Waals surface area contributed by atoms with E-state index in [1.165, 1.54) is 31.4 Å². The fourth-order valence-electron chi connectivity index (χ4n) is 1.73. The van der Waals surface area contributed by atoms with Crippen LogP contribution < -0.4 is 4.74 Å². The minimum absolute atomic E-state index is 0.0353. The van der Waals surface area contributed by atoms with Gasteiger partial charge in [0.2, 0.25) is 0 Å². The molecular formula is C14H10F4O. The van der Waals surface area contributed by atoms with Crippen molar-refractivity contribution in [3.05, 3.63) is 53.8 Å². The Morgan fingerprint density at radius 3 is 2.26 bits per heavy atom. The van der Waals surface area contributed by atoms with Gasteiger partial charge in [-0.2, -0.15) is 13.2 Å². The standard InChI is InChI=1S/C14H10F4O/c1-19-11-7-9(6-10(8-11)14(16,17)18)12-4-2-3-5-13(12)15/h2-8H,1H3. The second-order valence-electron chi connectivity index (χ2n) is 3.93. The largest absolute Gasteiger partial charge is 0.497 e. The fraction of sp³-hybridized carbons (Fsp3) is 0.143. The second-order valence-corrected chi connectivity index (χ2v) is 3.93. The molecule has 0 fully saturated rings. The summed E-state index contributed by atoms with van der Waals surface area (Å²) in [5, 5.41) is 0. The lowest BCUT2D eigenvalue weighted by Crippen LogP contribution is -2.05. The first-order chi connectivity index (χ1) is 8.91. The van der Waals surface area contributed by atoms with Gasteiger partial charge in [-0.15, -0.1) is 0 Å². The normalized spacial score (nSPS) is 11.4. The van der Waals surface area contributed by atoms with Gasteiger partial charge in [0, 0.05) is 5.56 Å². The number of hydrogen-bond donors (Lipinski definition) is 0. The van der Waals surface area contributed by atoms with Gasteiger partial charge in [0.15, 0.2) is 0 Å². The number of hydrogen-bond acceptors (Lipinski definition) is 1. The van der Waals surface area contributed by atoms with Gasteiger partial charge >= 0.3 is 6.18 Å². The molecule has 2 rings (SSSR count). The summed E-state index contributed by atoms with van der Waals surface area (Å²) in [5.41, 5.74) is -0.637. The summed E-state index contributed by atoms with van der Waals surface area (Å²) in [6.45, 7) is 0. The van der Waals surface area contributed by atoms with Crippen LogP contribution in [0.25, 0.3) is 11.1 Å². The van der Waals surface area contributed by atoms with Crippen LogP contribution in [0, 0.1) is 5.82 Å². The molecule has 0 aliphatic heterocycles. The van der Waals surface area contributed by atoms with E-state index in [-0.39, 0.29) is 16.9 Å². The maximum absolute atomic E-state index is 13.6. The highest BCUT2D eigenvalue weighted by Gasteiger charge is 2.31. The maximum atomic E-state index is 13.6. The predicted octanol–water partition coefficient (Wildman–Crippen LogP) is 4.52. The third-order valence-electron chi connectivity index (χ3n) is 2.65. The van der Waals surface area contributed by atoms with Gasteiger partial charge in [-0.1, -0.05) is 18.2 Å². The molecule has 0 radical (unpaired) electrons. The average molecular weight is 270 g/mol. The van der Waals surface area contributed by atoms with Crippen LogP contribution in [0.2, 0.25) is 0 Å². The topological polar surface area (TPSA) is 9.23 Å². The molecule has 0 aliphatic carbocycles. The van der Waals surface area contributed by atoms with E-state index in [1.807, 2.05) is 0 Å². The molecule has 0 unspecified atom stereocenters. The summed E-state index contributed by atoms with van der Waals surface area (Å²) in [6, 6.07) is 8.81. The van der Waals surface area contributed by atoms with Crippen LogP contribution in [0.3, 0.4) is 0 Å². The van der Waals surface area contributed by atoms with Crippen LogP contribution in [-0.4, -0.2) is 7.11 Å². The van der Waals surface area contributed by atoms with Crippen molar-refractivity contribution in [1.29, 1.82) is 0 Å². The van der Waals surface area contributed by atoms with Crippen molar-refractivity contribution < 1.29 is 22.3 Å². The van der Waals surface area contributed by atoms with Crippen LogP contribution in [0.5, 0.6) is 5.75 Å². The highest BCUT2D eigenvalue weighted by atomic mass is 19.4. The van der Waals surface area contributed by atoms with Crippen molar-refractivity contribution >= 4 is 0 Å². The Balaban J connectivity index is 2.61. The van der Waals surface area contributed by atoms with E-state index in [1.54, 1.807) is 6.07 Å². The Labute approximate surface area is 107 Å². The molecule has 5 heteroatoms. The lowest BCUT2D eigenvalue weighted by atomic mass is 10.0. The molecule has 0 aliphatic rings. The van der Waals surface area contributed by atoms with E-state index in [0.29, 0.717) is 0 Å². The van der Waals surface area contributed by atoms with E-state index < -0.39 is 17.6 Å². The molecule has 0 amide bonds. The van der Waals surface area contributed by atoms with Crippen LogP contribution in [0.1, 0.15) is 5.56 Å². The van der Waals surface area contributed by atoms with E-state index >= 15 is 0 Å². The predicted molar refractivity (Wildman–Crippen MR) is 63.4 cm³/mol. The van der Waals surface area contributed by atoms with Crippen molar-refractivity contribution in [2.24, 2.45) is 0 Å². The second kappa shape index (κ2) is 4.91. The van der Waals surface area contributed by atoms with Crippen LogP contribution in [0.4, 0.5) is 17.6 Å². The Kier molecular flexibility index (Phi) is 3.46. The zero-order valence-corrected chi connectivity index (χ0v) is 9.96. The van der Waals surface area contributed by atoms with Crippen molar-refractivity contribution in [2.75, 3.05) is 7.11 Å². The zero-order chi connectivity index (χ0) is 14.0. The Bertz CT molecular complexity index is 590. The minimum atomic E-state index is -4.51. The van der Waals surface area contributed by atoms with E-state index in [0.717, 1.165) is 12.1 Å². The van der Waals surface area contributed by atoms with Crippen molar-refractivity contribution in [1.82, 2.24) is 0 Å². The highest BCUT2D eigenvalue weighted by molar-refractivity contribution is 5.67. The average Bonchev–Trinajstić information content (AvgIpc) is 2.37. The van der Waals surface area contributed by atoms with Gasteiger partial charge < -0.3 is 4.74 Å². The number of halogens is 4. The fourth-order valence-corrected chi connectivity index (χ4v) is 1.73. The molecule has 0 bridgehead atoms. The Morgan fingerprint density at radius 2 is 1.68 bits per heavy atom. The van der Waals surface area contributed by atoms with Crippen molar-refractivity contribution in [2.45, 2.75) is 6.18 Å². The molecule has 100 valence electrons. The quantitative estimate of drug-likeness (QED) is 0.729. The first-order valence-corrected chi connectivity index (χ1v) is 5.43. The molecule has 2 aromatic carbocycles. The van der Waals surface area contributed by atoms with Crippen LogP contribution in [0.15, 0.2) is 42.5 Å². The van der Waals surface area contributed by atoms with Gasteiger partial charge in [0.05, 0.1) is 12.7 Å². The molecule has 0 saturated carbocycles. The van der Waals surface area contributed by atoms with Crippen LogP contribution in [-0.2, 0) is 6.18 Å². The summed E-state index contributed by atoms with van der Waals surface area (Å²) in [5.74, 6) is -0.544. The SMILES string of the molecule is COc1cc(-c2ccccc2F)cc(C(F)(F)F)c1. The zero-order valence-electron chi connectivity index (χ0n) is 9.96. The first kappa shape index (κ1) is 13.4. The molecule has 19 heavy (non-hydrogen) atoms. The van der Waals surface area contributed by atoms with Gasteiger partial charge in [-0.3, -0.25) is 0 Å². The van der Waals surface area contributed by atoms with Crippen molar-refractivity contribution in [3.8, 4) is 16.9 Å². The number of benzene rings is 2.